The summed E-state index contributed by atoms with van der Waals surface area (Å²) in [7, 11) is 1.96. The first-order valence-electron chi connectivity index (χ1n) is 13.9. The Morgan fingerprint density at radius 3 is 2.74 bits per heavy atom. The summed E-state index contributed by atoms with van der Waals surface area (Å²) in [5.41, 5.74) is 0.939. The smallest absolute Gasteiger partial charge is 0.236 e. The third-order valence-corrected chi connectivity index (χ3v) is 7.84. The van der Waals surface area contributed by atoms with Gasteiger partial charge in [0.1, 0.15) is 29.4 Å². The molecule has 2 aliphatic heterocycles. The minimum Gasteiger partial charge on any atom is -0.363 e. The van der Waals surface area contributed by atoms with Crippen LogP contribution < -0.4 is 10.2 Å². The number of anilines is 2. The molecule has 6 rings (SSSR count). The van der Waals surface area contributed by atoms with Gasteiger partial charge in [0.05, 0.1) is 18.8 Å². The Hall–Kier alpha value is -4.64. The van der Waals surface area contributed by atoms with Gasteiger partial charge >= 0.3 is 0 Å². The molecule has 218 valence electrons. The Balaban J connectivity index is 1.30. The standard InChI is InChI=1S/C28H31F2N11O/c1-37-10-8-32-23(37)18-38-11-13-39(14-12-38)28-25(30)27(34-20-3-2-9-40(17-20)24(42)6-7-31)35-26(36-28)21-15-33-22-5-4-19(29)16-41(21)22/h4-5,8,10,15-16,20H,2-3,6,9,11-14,17-18H2,1H3,(H,34,35,36)/t20-/m1/s1. The van der Waals surface area contributed by atoms with Crippen LogP contribution in [-0.4, -0.2) is 89.9 Å². The highest BCUT2D eigenvalue weighted by atomic mass is 19.1. The topological polar surface area (TPSA) is 124 Å². The summed E-state index contributed by atoms with van der Waals surface area (Å²) in [6.45, 7) is 4.04. The number of fused-ring (bicyclic) bond motifs is 1. The molecule has 4 aromatic heterocycles. The number of pyridine rings is 1. The van der Waals surface area contributed by atoms with Gasteiger partial charge in [-0.3, -0.25) is 14.1 Å². The molecule has 0 aromatic carbocycles. The number of piperazine rings is 1. The first-order chi connectivity index (χ1) is 20.4. The van der Waals surface area contributed by atoms with Crippen molar-refractivity contribution in [1.82, 2.24) is 38.7 Å². The number of aromatic nitrogens is 6. The number of imidazole rings is 2. The maximum Gasteiger partial charge on any atom is 0.236 e. The molecule has 6 heterocycles. The summed E-state index contributed by atoms with van der Waals surface area (Å²) < 4.78 is 33.9. The predicted molar refractivity (Wildman–Crippen MR) is 150 cm³/mol. The predicted octanol–water partition coefficient (Wildman–Crippen LogP) is 2.44. The Kier molecular flexibility index (Phi) is 7.66. The molecule has 2 fully saturated rings. The van der Waals surface area contributed by atoms with E-state index < -0.39 is 11.6 Å². The number of nitriles is 1. The molecule has 1 atom stereocenters. The van der Waals surface area contributed by atoms with Gasteiger partial charge in [0.15, 0.2) is 17.5 Å². The fourth-order valence-electron chi connectivity index (χ4n) is 5.54. The van der Waals surface area contributed by atoms with Crippen LogP contribution in [0.15, 0.2) is 36.9 Å². The average Bonchev–Trinajstić information content (AvgIpc) is 3.60. The maximum atomic E-state index is 16.2. The van der Waals surface area contributed by atoms with Crippen molar-refractivity contribution in [2.45, 2.75) is 31.8 Å². The van der Waals surface area contributed by atoms with Gasteiger partial charge in [0, 0.05) is 70.9 Å². The molecule has 0 radical (unpaired) electrons. The van der Waals surface area contributed by atoms with E-state index in [0.29, 0.717) is 70.0 Å². The number of amides is 1. The normalized spacial score (nSPS) is 17.9. The number of halogens is 2. The maximum absolute atomic E-state index is 16.2. The molecular formula is C28H31F2N11O. The summed E-state index contributed by atoms with van der Waals surface area (Å²) in [5, 5.41) is 12.2. The van der Waals surface area contributed by atoms with Gasteiger partial charge in [-0.15, -0.1) is 0 Å². The molecule has 0 bridgehead atoms. The minimum atomic E-state index is -0.586. The van der Waals surface area contributed by atoms with Crippen LogP contribution in [0, 0.1) is 23.0 Å². The van der Waals surface area contributed by atoms with Gasteiger partial charge in [0.2, 0.25) is 11.7 Å². The second-order valence-electron chi connectivity index (χ2n) is 10.6. The number of hydrogen-bond donors (Lipinski definition) is 1. The number of carbonyl (C=O) groups is 1. The van der Waals surface area contributed by atoms with E-state index >= 15 is 4.39 Å². The van der Waals surface area contributed by atoms with Crippen LogP contribution in [0.1, 0.15) is 25.1 Å². The number of carbonyl (C=O) groups excluding carboxylic acids is 1. The molecule has 12 nitrogen and oxygen atoms in total. The highest BCUT2D eigenvalue weighted by molar-refractivity contribution is 5.78. The van der Waals surface area contributed by atoms with Gasteiger partial charge in [0.25, 0.3) is 0 Å². The van der Waals surface area contributed by atoms with Gasteiger partial charge in [-0.05, 0) is 25.0 Å². The van der Waals surface area contributed by atoms with Crippen molar-refractivity contribution in [3.63, 3.8) is 0 Å². The molecule has 4 aromatic rings. The summed E-state index contributed by atoms with van der Waals surface area (Å²) in [4.78, 5) is 36.1. The van der Waals surface area contributed by atoms with Crippen LogP contribution in [0.2, 0.25) is 0 Å². The molecule has 1 N–H and O–H groups in total. The van der Waals surface area contributed by atoms with Gasteiger partial charge in [-0.1, -0.05) is 0 Å². The molecular weight excluding hydrogens is 544 g/mol. The van der Waals surface area contributed by atoms with Crippen molar-refractivity contribution in [2.24, 2.45) is 7.05 Å². The number of nitrogens with zero attached hydrogens (tertiary/aromatic N) is 10. The van der Waals surface area contributed by atoms with Crippen LogP contribution in [0.4, 0.5) is 20.4 Å². The Bertz CT molecular complexity index is 1640. The first kappa shape index (κ1) is 27.5. The monoisotopic (exact) mass is 575 g/mol. The molecule has 0 saturated carbocycles. The van der Waals surface area contributed by atoms with E-state index in [-0.39, 0.29) is 35.8 Å². The zero-order valence-electron chi connectivity index (χ0n) is 23.2. The zero-order valence-corrected chi connectivity index (χ0v) is 23.2. The summed E-state index contributed by atoms with van der Waals surface area (Å²) in [5.74, 6) is 0.0444. The van der Waals surface area contributed by atoms with E-state index in [1.165, 1.54) is 12.3 Å². The molecule has 42 heavy (non-hydrogen) atoms. The third-order valence-electron chi connectivity index (χ3n) is 7.84. The van der Waals surface area contributed by atoms with Gasteiger partial charge in [-0.25, -0.2) is 24.3 Å². The SMILES string of the molecule is Cn1ccnc1CN1CCN(c2nc(-c3cnc4ccc(F)cn34)nc(N[C@@H]3CCCN(C(=O)CC#N)C3)c2F)CC1. The third kappa shape index (κ3) is 5.60. The molecule has 14 heteroatoms. The summed E-state index contributed by atoms with van der Waals surface area (Å²) >= 11 is 0. The first-order valence-corrected chi connectivity index (χ1v) is 13.9. The van der Waals surface area contributed by atoms with E-state index in [0.717, 1.165) is 5.82 Å². The number of nitrogens with one attached hydrogen (secondary N) is 1. The van der Waals surface area contributed by atoms with Crippen LogP contribution >= 0.6 is 0 Å². The molecule has 0 unspecified atom stereocenters. The zero-order chi connectivity index (χ0) is 29.2. The van der Waals surface area contributed by atoms with Crippen LogP contribution in [0.25, 0.3) is 17.2 Å². The minimum absolute atomic E-state index is 0.0105. The highest BCUT2D eigenvalue weighted by Gasteiger charge is 2.29. The Morgan fingerprint density at radius 2 is 1.98 bits per heavy atom. The second-order valence-corrected chi connectivity index (χ2v) is 10.6. The fourth-order valence-corrected chi connectivity index (χ4v) is 5.54. The van der Waals surface area contributed by atoms with E-state index in [9.17, 15) is 9.18 Å². The lowest BCUT2D eigenvalue weighted by Gasteiger charge is -2.36. The lowest BCUT2D eigenvalue weighted by Crippen LogP contribution is -2.47. The molecule has 0 aliphatic carbocycles. The number of hydrogen-bond acceptors (Lipinski definition) is 9. The quantitative estimate of drug-likeness (QED) is 0.354. The van der Waals surface area contributed by atoms with Crippen molar-refractivity contribution >= 4 is 23.2 Å². The van der Waals surface area contributed by atoms with Crippen molar-refractivity contribution in [1.29, 1.82) is 5.26 Å². The van der Waals surface area contributed by atoms with E-state index in [1.807, 2.05) is 28.8 Å². The van der Waals surface area contributed by atoms with Crippen LogP contribution in [-0.2, 0) is 18.4 Å². The number of aryl methyl sites for hydroxylation is 1. The van der Waals surface area contributed by atoms with E-state index in [2.05, 4.69) is 30.2 Å². The number of piperidine rings is 1. The molecule has 2 saturated heterocycles. The largest absolute Gasteiger partial charge is 0.363 e. The Morgan fingerprint density at radius 1 is 1.14 bits per heavy atom. The van der Waals surface area contributed by atoms with Gasteiger partial charge in [-0.2, -0.15) is 9.65 Å². The number of likely N-dealkylation sites (tertiary alicyclic amines) is 1. The summed E-state index contributed by atoms with van der Waals surface area (Å²) in [6.07, 6.45) is 7.75. The number of rotatable bonds is 7. The lowest BCUT2D eigenvalue weighted by atomic mass is 10.1. The molecule has 0 spiro atoms. The van der Waals surface area contributed by atoms with Crippen molar-refractivity contribution in [2.75, 3.05) is 49.5 Å². The summed E-state index contributed by atoms with van der Waals surface area (Å²) in [6, 6.07) is 4.51. The average molecular weight is 576 g/mol. The van der Waals surface area contributed by atoms with Crippen molar-refractivity contribution in [3.05, 3.63) is 54.4 Å². The van der Waals surface area contributed by atoms with E-state index in [4.69, 9.17) is 5.26 Å². The van der Waals surface area contributed by atoms with Crippen LogP contribution in [0.3, 0.4) is 0 Å². The fraction of sp³-hybridized carbons (Fsp3) is 0.429. The molecule has 1 amide bonds. The second kappa shape index (κ2) is 11.7. The lowest BCUT2D eigenvalue weighted by molar-refractivity contribution is -0.131. The van der Waals surface area contributed by atoms with Crippen molar-refractivity contribution in [3.8, 4) is 17.6 Å². The molecule has 2 aliphatic rings. The van der Waals surface area contributed by atoms with E-state index in [1.54, 1.807) is 27.8 Å². The highest BCUT2D eigenvalue weighted by Crippen LogP contribution is 2.30. The Labute approximate surface area is 241 Å². The van der Waals surface area contributed by atoms with Crippen LogP contribution in [0.5, 0.6) is 0 Å². The van der Waals surface area contributed by atoms with Gasteiger partial charge < -0.3 is 19.7 Å². The van der Waals surface area contributed by atoms with Crippen molar-refractivity contribution < 1.29 is 13.6 Å².